The van der Waals surface area contributed by atoms with Gasteiger partial charge in [0.05, 0.1) is 6.54 Å². The van der Waals surface area contributed by atoms with Gasteiger partial charge < -0.3 is 15.0 Å². The van der Waals surface area contributed by atoms with E-state index >= 15 is 0 Å². The molecule has 0 spiro atoms. The monoisotopic (exact) mass is 188 g/mol. The van der Waals surface area contributed by atoms with Crippen molar-refractivity contribution in [3.8, 4) is 0 Å². The third-order valence-electron chi connectivity index (χ3n) is 1.73. The van der Waals surface area contributed by atoms with Crippen LogP contribution in [0.4, 0.5) is 0 Å². The van der Waals surface area contributed by atoms with Crippen LogP contribution in [0.5, 0.6) is 0 Å². The van der Waals surface area contributed by atoms with Gasteiger partial charge in [0.2, 0.25) is 5.91 Å². The van der Waals surface area contributed by atoms with Crippen molar-refractivity contribution in [2.45, 2.75) is 12.8 Å². The van der Waals surface area contributed by atoms with E-state index in [1.807, 2.05) is 0 Å². The van der Waals surface area contributed by atoms with Gasteiger partial charge in [0, 0.05) is 27.8 Å². The zero-order valence-electron chi connectivity index (χ0n) is 8.80. The van der Waals surface area contributed by atoms with Gasteiger partial charge in [-0.3, -0.25) is 4.79 Å². The molecule has 0 fully saturated rings. The summed E-state index contributed by atoms with van der Waals surface area (Å²) in [6.45, 7) is 2.10. The summed E-state index contributed by atoms with van der Waals surface area (Å²) in [5.74, 6) is 0.117. The van der Waals surface area contributed by atoms with Crippen LogP contribution in [0.25, 0.3) is 0 Å². The van der Waals surface area contributed by atoms with Crippen molar-refractivity contribution in [2.75, 3.05) is 40.9 Å². The summed E-state index contributed by atoms with van der Waals surface area (Å²) in [6.07, 6.45) is 2.09. The Bertz CT molecular complexity index is 138. The van der Waals surface area contributed by atoms with Crippen LogP contribution in [0.2, 0.25) is 0 Å². The molecule has 13 heavy (non-hydrogen) atoms. The van der Waals surface area contributed by atoms with Crippen molar-refractivity contribution in [2.24, 2.45) is 0 Å². The van der Waals surface area contributed by atoms with Gasteiger partial charge in [-0.05, 0) is 19.4 Å². The van der Waals surface area contributed by atoms with Gasteiger partial charge in [-0.1, -0.05) is 0 Å². The van der Waals surface area contributed by atoms with Gasteiger partial charge in [0.1, 0.15) is 0 Å². The molecule has 4 nitrogen and oxygen atoms in total. The molecule has 0 aromatic carbocycles. The largest absolute Gasteiger partial charge is 0.385 e. The van der Waals surface area contributed by atoms with Crippen LogP contribution in [0, 0.1) is 0 Å². The first-order valence-electron chi connectivity index (χ1n) is 4.58. The average Bonchev–Trinajstić information content (AvgIpc) is 2.10. The minimum atomic E-state index is 0.117. The Morgan fingerprint density at radius 3 is 2.62 bits per heavy atom. The Hall–Kier alpha value is -0.610. The van der Waals surface area contributed by atoms with E-state index in [1.54, 1.807) is 26.1 Å². The van der Waals surface area contributed by atoms with Gasteiger partial charge in [-0.15, -0.1) is 0 Å². The first-order valence-corrected chi connectivity index (χ1v) is 4.58. The number of nitrogens with one attached hydrogen (secondary N) is 1. The molecule has 0 aromatic rings. The van der Waals surface area contributed by atoms with Crippen LogP contribution in [0.15, 0.2) is 0 Å². The summed E-state index contributed by atoms with van der Waals surface area (Å²) in [7, 11) is 5.22. The summed E-state index contributed by atoms with van der Waals surface area (Å²) in [4.78, 5) is 12.7. The average molecular weight is 188 g/mol. The molecule has 0 rings (SSSR count). The van der Waals surface area contributed by atoms with Crippen molar-refractivity contribution in [3.05, 3.63) is 0 Å². The van der Waals surface area contributed by atoms with Crippen LogP contribution in [-0.2, 0) is 9.53 Å². The highest BCUT2D eigenvalue weighted by molar-refractivity contribution is 5.77. The molecular formula is C9H20N2O2. The molecule has 0 bridgehead atoms. The standard InChI is InChI=1S/C9H20N2O2/c1-11(2)9(12)8-10-6-4-5-7-13-3/h10H,4-8H2,1-3H3. The highest BCUT2D eigenvalue weighted by Gasteiger charge is 2.01. The second kappa shape index (κ2) is 8.01. The Morgan fingerprint density at radius 2 is 2.08 bits per heavy atom. The number of carbonyl (C=O) groups excluding carboxylic acids is 1. The molecule has 0 heterocycles. The molecule has 0 saturated heterocycles. The Balaban J connectivity index is 3.12. The maximum Gasteiger partial charge on any atom is 0.236 e. The molecule has 0 aromatic heterocycles. The molecule has 0 aliphatic carbocycles. The number of ether oxygens (including phenoxy) is 1. The van der Waals surface area contributed by atoms with Crippen LogP contribution in [-0.4, -0.2) is 51.7 Å². The molecular weight excluding hydrogens is 168 g/mol. The summed E-state index contributed by atoms with van der Waals surface area (Å²) in [5.41, 5.74) is 0. The van der Waals surface area contributed by atoms with Crippen LogP contribution >= 0.6 is 0 Å². The van der Waals surface area contributed by atoms with Gasteiger partial charge in [-0.2, -0.15) is 0 Å². The number of rotatable bonds is 7. The normalized spacial score (nSPS) is 10.1. The fraction of sp³-hybridized carbons (Fsp3) is 0.889. The second-order valence-electron chi connectivity index (χ2n) is 3.16. The Labute approximate surface area is 80.2 Å². The fourth-order valence-corrected chi connectivity index (χ4v) is 0.850. The lowest BCUT2D eigenvalue weighted by Crippen LogP contribution is -2.33. The number of methoxy groups -OCH3 is 1. The van der Waals surface area contributed by atoms with Crippen molar-refractivity contribution in [3.63, 3.8) is 0 Å². The Morgan fingerprint density at radius 1 is 1.38 bits per heavy atom. The topological polar surface area (TPSA) is 41.6 Å². The number of amides is 1. The third kappa shape index (κ3) is 7.74. The van der Waals surface area contributed by atoms with Crippen molar-refractivity contribution in [1.82, 2.24) is 10.2 Å². The second-order valence-corrected chi connectivity index (χ2v) is 3.16. The van der Waals surface area contributed by atoms with Gasteiger partial charge >= 0.3 is 0 Å². The van der Waals surface area contributed by atoms with E-state index in [0.29, 0.717) is 6.54 Å². The fourth-order valence-electron chi connectivity index (χ4n) is 0.850. The minimum absolute atomic E-state index is 0.117. The van der Waals surface area contributed by atoms with Crippen LogP contribution < -0.4 is 5.32 Å². The molecule has 0 aliphatic rings. The zero-order valence-corrected chi connectivity index (χ0v) is 8.80. The van der Waals surface area contributed by atoms with E-state index in [0.717, 1.165) is 26.0 Å². The molecule has 1 amide bonds. The lowest BCUT2D eigenvalue weighted by Gasteiger charge is -2.10. The number of carbonyl (C=O) groups is 1. The highest BCUT2D eigenvalue weighted by atomic mass is 16.5. The van der Waals surface area contributed by atoms with E-state index in [-0.39, 0.29) is 5.91 Å². The SMILES string of the molecule is COCCCCNCC(=O)N(C)C. The van der Waals surface area contributed by atoms with Gasteiger partial charge in [-0.25, -0.2) is 0 Å². The van der Waals surface area contributed by atoms with Crippen molar-refractivity contribution >= 4 is 5.91 Å². The van der Waals surface area contributed by atoms with Crippen LogP contribution in [0.1, 0.15) is 12.8 Å². The molecule has 0 aliphatic heterocycles. The summed E-state index contributed by atoms with van der Waals surface area (Å²) < 4.78 is 4.90. The summed E-state index contributed by atoms with van der Waals surface area (Å²) in [6, 6.07) is 0. The minimum Gasteiger partial charge on any atom is -0.385 e. The Kier molecular flexibility index (Phi) is 7.63. The third-order valence-corrected chi connectivity index (χ3v) is 1.73. The lowest BCUT2D eigenvalue weighted by molar-refractivity contribution is -0.127. The number of nitrogens with zero attached hydrogens (tertiary/aromatic N) is 1. The first-order chi connectivity index (χ1) is 6.18. The van der Waals surface area contributed by atoms with E-state index in [1.165, 1.54) is 0 Å². The molecule has 0 unspecified atom stereocenters. The quantitative estimate of drug-likeness (QED) is 0.576. The van der Waals surface area contributed by atoms with Crippen molar-refractivity contribution < 1.29 is 9.53 Å². The van der Waals surface area contributed by atoms with Crippen LogP contribution in [0.3, 0.4) is 0 Å². The van der Waals surface area contributed by atoms with Gasteiger partial charge in [0.15, 0.2) is 0 Å². The van der Waals surface area contributed by atoms with E-state index in [9.17, 15) is 4.79 Å². The number of likely N-dealkylation sites (N-methyl/N-ethyl adjacent to an activating group) is 1. The number of unbranched alkanes of at least 4 members (excludes halogenated alkanes) is 1. The number of hydrogen-bond donors (Lipinski definition) is 1. The molecule has 78 valence electrons. The molecule has 1 N–H and O–H groups in total. The zero-order chi connectivity index (χ0) is 10.1. The first kappa shape index (κ1) is 12.4. The number of hydrogen-bond acceptors (Lipinski definition) is 3. The van der Waals surface area contributed by atoms with E-state index in [4.69, 9.17) is 4.74 Å². The predicted octanol–water partition coefficient (Wildman–Crippen LogP) is 0.0908. The molecule has 4 heteroatoms. The maximum absolute atomic E-state index is 11.1. The summed E-state index contributed by atoms with van der Waals surface area (Å²) >= 11 is 0. The molecule has 0 saturated carbocycles. The van der Waals surface area contributed by atoms with E-state index in [2.05, 4.69) is 5.32 Å². The van der Waals surface area contributed by atoms with Gasteiger partial charge in [0.25, 0.3) is 0 Å². The molecule has 0 atom stereocenters. The highest BCUT2D eigenvalue weighted by Crippen LogP contribution is 1.86. The van der Waals surface area contributed by atoms with Crippen molar-refractivity contribution in [1.29, 1.82) is 0 Å². The maximum atomic E-state index is 11.1. The van der Waals surface area contributed by atoms with E-state index < -0.39 is 0 Å². The lowest BCUT2D eigenvalue weighted by atomic mass is 10.3. The smallest absolute Gasteiger partial charge is 0.236 e. The predicted molar refractivity (Wildman–Crippen MR) is 52.7 cm³/mol. The summed E-state index contributed by atoms with van der Waals surface area (Å²) in [5, 5.41) is 3.08. The molecule has 0 radical (unpaired) electrons.